The summed E-state index contributed by atoms with van der Waals surface area (Å²) in [6, 6.07) is 1.55. The molecule has 1 fully saturated rings. The third kappa shape index (κ3) is 3.29. The van der Waals surface area contributed by atoms with Crippen molar-refractivity contribution in [2.75, 3.05) is 24.6 Å². The summed E-state index contributed by atoms with van der Waals surface area (Å²) in [6.45, 7) is 0.703. The molecule has 1 aromatic rings. The first-order valence-corrected chi connectivity index (χ1v) is 9.04. The minimum Gasteiger partial charge on any atom is -0.207 e. The van der Waals surface area contributed by atoms with Crippen molar-refractivity contribution < 1.29 is 17.2 Å². The molecule has 0 atom stereocenters. The van der Waals surface area contributed by atoms with Gasteiger partial charge in [-0.15, -0.1) is 0 Å². The van der Waals surface area contributed by atoms with Gasteiger partial charge in [-0.05, 0) is 34.2 Å². The Kier molecular flexibility index (Phi) is 4.86. The molecule has 0 spiro atoms. The summed E-state index contributed by atoms with van der Waals surface area (Å²) >= 11 is 4.60. The SMILES string of the molecule is O=S(=O)(c1c(F)cc(F)cc1Br)N1CCCSCC1. The van der Waals surface area contributed by atoms with E-state index >= 15 is 0 Å². The van der Waals surface area contributed by atoms with Gasteiger partial charge in [-0.3, -0.25) is 0 Å². The number of nitrogens with zero attached hydrogens (tertiary/aromatic N) is 1. The van der Waals surface area contributed by atoms with E-state index in [4.69, 9.17) is 0 Å². The van der Waals surface area contributed by atoms with E-state index in [1.54, 1.807) is 11.8 Å². The van der Waals surface area contributed by atoms with E-state index in [0.29, 0.717) is 24.9 Å². The lowest BCUT2D eigenvalue weighted by atomic mass is 10.3. The summed E-state index contributed by atoms with van der Waals surface area (Å²) in [5, 5.41) is 0. The van der Waals surface area contributed by atoms with Gasteiger partial charge >= 0.3 is 0 Å². The fourth-order valence-electron chi connectivity index (χ4n) is 1.87. The Balaban J connectivity index is 2.44. The van der Waals surface area contributed by atoms with Gasteiger partial charge in [0.15, 0.2) is 0 Å². The molecule has 8 heteroatoms. The highest BCUT2D eigenvalue weighted by Crippen LogP contribution is 2.29. The number of sulfonamides is 1. The average Bonchev–Trinajstić information content (AvgIpc) is 2.55. The Hall–Kier alpha value is -0.180. The van der Waals surface area contributed by atoms with Crippen LogP contribution >= 0.6 is 27.7 Å². The van der Waals surface area contributed by atoms with Gasteiger partial charge in [0.2, 0.25) is 10.0 Å². The van der Waals surface area contributed by atoms with Crippen LogP contribution in [0.15, 0.2) is 21.5 Å². The van der Waals surface area contributed by atoms with E-state index < -0.39 is 26.6 Å². The van der Waals surface area contributed by atoms with Crippen LogP contribution in [0.2, 0.25) is 0 Å². The van der Waals surface area contributed by atoms with Crippen LogP contribution in [0, 0.1) is 11.6 Å². The molecule has 0 radical (unpaired) electrons. The zero-order valence-corrected chi connectivity index (χ0v) is 13.1. The van der Waals surface area contributed by atoms with Crippen molar-refractivity contribution >= 4 is 37.7 Å². The number of benzene rings is 1. The number of hydrogen-bond donors (Lipinski definition) is 0. The topological polar surface area (TPSA) is 37.4 Å². The Bertz CT molecular complexity index is 549. The molecule has 0 bridgehead atoms. The van der Waals surface area contributed by atoms with Gasteiger partial charge in [0.1, 0.15) is 16.5 Å². The van der Waals surface area contributed by atoms with Gasteiger partial charge < -0.3 is 0 Å². The Morgan fingerprint density at radius 3 is 2.63 bits per heavy atom. The van der Waals surface area contributed by atoms with Gasteiger partial charge in [-0.25, -0.2) is 17.2 Å². The Morgan fingerprint density at radius 2 is 1.95 bits per heavy atom. The van der Waals surface area contributed by atoms with E-state index in [1.165, 1.54) is 4.31 Å². The largest absolute Gasteiger partial charge is 0.247 e. The second-order valence-corrected chi connectivity index (χ2v) is 8.02. The third-order valence-electron chi connectivity index (χ3n) is 2.74. The molecule has 1 aromatic carbocycles. The second kappa shape index (κ2) is 6.07. The minimum atomic E-state index is -3.93. The lowest BCUT2D eigenvalue weighted by Crippen LogP contribution is -2.33. The van der Waals surface area contributed by atoms with Crippen molar-refractivity contribution in [3.8, 4) is 0 Å². The summed E-state index contributed by atoms with van der Waals surface area (Å²) in [5.41, 5.74) is 0. The van der Waals surface area contributed by atoms with Crippen molar-refractivity contribution in [1.82, 2.24) is 4.31 Å². The van der Waals surface area contributed by atoms with Crippen molar-refractivity contribution in [3.05, 3.63) is 28.2 Å². The van der Waals surface area contributed by atoms with Gasteiger partial charge in [-0.2, -0.15) is 16.1 Å². The fourth-order valence-corrected chi connectivity index (χ4v) is 5.46. The minimum absolute atomic E-state index is 0.0816. The molecular formula is C11H12BrF2NO2S2. The maximum atomic E-state index is 13.8. The lowest BCUT2D eigenvalue weighted by molar-refractivity contribution is 0.429. The molecule has 1 saturated heterocycles. The van der Waals surface area contributed by atoms with Crippen LogP contribution in [0.5, 0.6) is 0 Å². The molecule has 0 N–H and O–H groups in total. The molecule has 1 aliphatic rings. The van der Waals surface area contributed by atoms with Gasteiger partial charge in [0.25, 0.3) is 0 Å². The Morgan fingerprint density at radius 1 is 1.21 bits per heavy atom. The molecule has 2 rings (SSSR count). The van der Waals surface area contributed by atoms with Crippen LogP contribution in [0.3, 0.4) is 0 Å². The highest BCUT2D eigenvalue weighted by Gasteiger charge is 2.30. The first kappa shape index (κ1) is 15.2. The predicted molar refractivity (Wildman–Crippen MR) is 74.8 cm³/mol. The molecule has 0 amide bonds. The van der Waals surface area contributed by atoms with Crippen LogP contribution in [-0.2, 0) is 10.0 Å². The molecule has 0 aliphatic carbocycles. The van der Waals surface area contributed by atoms with E-state index in [9.17, 15) is 17.2 Å². The highest BCUT2D eigenvalue weighted by molar-refractivity contribution is 9.10. The van der Waals surface area contributed by atoms with Gasteiger partial charge in [0.05, 0.1) is 0 Å². The van der Waals surface area contributed by atoms with Gasteiger partial charge in [0, 0.05) is 29.4 Å². The van der Waals surface area contributed by atoms with E-state index in [2.05, 4.69) is 15.9 Å². The standard InChI is InChI=1S/C11H12BrF2NO2S2/c12-9-6-8(13)7-10(14)11(9)19(16,17)15-2-1-4-18-5-3-15/h6-7H,1-5H2. The molecule has 106 valence electrons. The monoisotopic (exact) mass is 371 g/mol. The molecule has 1 heterocycles. The predicted octanol–water partition coefficient (Wildman–Crippen LogP) is 2.85. The van der Waals surface area contributed by atoms with Crippen LogP contribution < -0.4 is 0 Å². The molecule has 19 heavy (non-hydrogen) atoms. The first-order valence-electron chi connectivity index (χ1n) is 5.65. The average molecular weight is 372 g/mol. The van der Waals surface area contributed by atoms with Crippen molar-refractivity contribution in [2.45, 2.75) is 11.3 Å². The van der Waals surface area contributed by atoms with Crippen LogP contribution in [0.1, 0.15) is 6.42 Å². The molecule has 0 unspecified atom stereocenters. The quantitative estimate of drug-likeness (QED) is 0.801. The molecule has 1 aliphatic heterocycles. The number of halogens is 3. The lowest BCUT2D eigenvalue weighted by Gasteiger charge is -2.20. The highest BCUT2D eigenvalue weighted by atomic mass is 79.9. The van der Waals surface area contributed by atoms with E-state index in [-0.39, 0.29) is 4.47 Å². The van der Waals surface area contributed by atoms with Crippen LogP contribution in [0.25, 0.3) is 0 Å². The number of thioether (sulfide) groups is 1. The molecule has 0 aromatic heterocycles. The summed E-state index contributed by atoms with van der Waals surface area (Å²) in [7, 11) is -3.93. The van der Waals surface area contributed by atoms with Crippen LogP contribution in [-0.4, -0.2) is 37.3 Å². The maximum absolute atomic E-state index is 13.8. The van der Waals surface area contributed by atoms with Crippen molar-refractivity contribution in [1.29, 1.82) is 0 Å². The molecular weight excluding hydrogens is 360 g/mol. The maximum Gasteiger partial charge on any atom is 0.247 e. The fraction of sp³-hybridized carbons (Fsp3) is 0.455. The zero-order chi connectivity index (χ0) is 14.0. The number of hydrogen-bond acceptors (Lipinski definition) is 3. The van der Waals surface area contributed by atoms with Gasteiger partial charge in [-0.1, -0.05) is 0 Å². The third-order valence-corrected chi connectivity index (χ3v) is 6.65. The summed E-state index contributed by atoms with van der Waals surface area (Å²) in [4.78, 5) is -0.485. The van der Waals surface area contributed by atoms with Crippen molar-refractivity contribution in [2.24, 2.45) is 0 Å². The smallest absolute Gasteiger partial charge is 0.207 e. The first-order chi connectivity index (χ1) is 8.93. The molecule has 0 saturated carbocycles. The van der Waals surface area contributed by atoms with Crippen LogP contribution in [0.4, 0.5) is 8.78 Å². The summed E-state index contributed by atoms with van der Waals surface area (Å²) < 4.78 is 52.8. The summed E-state index contributed by atoms with van der Waals surface area (Å²) in [5.74, 6) is -0.308. The van der Waals surface area contributed by atoms with E-state index in [1.807, 2.05) is 0 Å². The Labute approximate surface area is 123 Å². The molecule has 3 nitrogen and oxygen atoms in total. The second-order valence-electron chi connectivity index (χ2n) is 4.07. The normalized spacial score (nSPS) is 18.3. The number of rotatable bonds is 2. The summed E-state index contributed by atoms with van der Waals surface area (Å²) in [6.07, 6.45) is 0.727. The zero-order valence-electron chi connectivity index (χ0n) is 9.90. The van der Waals surface area contributed by atoms with E-state index in [0.717, 1.165) is 18.2 Å². The van der Waals surface area contributed by atoms with Crippen molar-refractivity contribution in [3.63, 3.8) is 0 Å².